The minimum absolute atomic E-state index is 0.884. The van der Waals surface area contributed by atoms with Crippen molar-refractivity contribution in [2.45, 2.75) is 12.8 Å². The Labute approximate surface area is 39.9 Å². The van der Waals surface area contributed by atoms with Crippen molar-refractivity contribution in [1.82, 2.24) is 0 Å². The van der Waals surface area contributed by atoms with Crippen molar-refractivity contribution in [1.29, 1.82) is 0 Å². The molecule has 0 saturated heterocycles. The predicted molar refractivity (Wildman–Crippen MR) is 29.1 cm³/mol. The van der Waals surface area contributed by atoms with Crippen molar-refractivity contribution in [3.63, 3.8) is 0 Å². The fourth-order valence-corrected chi connectivity index (χ4v) is 0.236. The van der Waals surface area contributed by atoms with Gasteiger partial charge in [-0.05, 0) is 26.7 Å². The average Bonchev–Trinajstić information content (AvgIpc) is 1.61. The molecular weight excluding hydrogens is 72.1 g/mol. The van der Waals surface area contributed by atoms with Gasteiger partial charge in [0.2, 0.25) is 0 Å². The summed E-state index contributed by atoms with van der Waals surface area (Å²) < 4.78 is 0. The van der Waals surface area contributed by atoms with Gasteiger partial charge >= 0.3 is 0 Å². The molecule has 0 aromatic rings. The van der Waals surface area contributed by atoms with E-state index in [4.69, 9.17) is 0 Å². The van der Waals surface area contributed by atoms with Crippen LogP contribution in [0.4, 0.5) is 0 Å². The fourth-order valence-electron chi connectivity index (χ4n) is 0.236. The topological polar surface area (TPSA) is 0 Å². The highest BCUT2D eigenvalue weighted by Crippen LogP contribution is 1.80. The van der Waals surface area contributed by atoms with E-state index in [1.807, 2.05) is 12.2 Å². The van der Waals surface area contributed by atoms with Crippen LogP contribution in [0, 0.1) is 13.8 Å². The zero-order valence-electron chi connectivity index (χ0n) is 3.98. The van der Waals surface area contributed by atoms with Crippen molar-refractivity contribution < 1.29 is 0 Å². The maximum absolute atomic E-state index is 3.61. The van der Waals surface area contributed by atoms with E-state index in [0.717, 1.165) is 12.8 Å². The quantitative estimate of drug-likeness (QED) is 0.447. The van der Waals surface area contributed by atoms with Crippen LogP contribution in [-0.4, -0.2) is 0 Å². The third-order valence-electron chi connectivity index (χ3n) is 0.500. The maximum atomic E-state index is 3.61. The Morgan fingerprint density at radius 1 is 1.00 bits per heavy atom. The molecule has 0 aromatic heterocycles. The number of hydrogen-bond donors (Lipinski definition) is 0. The van der Waals surface area contributed by atoms with E-state index in [9.17, 15) is 0 Å². The van der Waals surface area contributed by atoms with Crippen LogP contribution in [0.3, 0.4) is 0 Å². The first kappa shape index (κ1) is 5.74. The zero-order chi connectivity index (χ0) is 4.83. The maximum Gasteiger partial charge on any atom is -0.0351 e. The summed E-state index contributed by atoms with van der Waals surface area (Å²) in [6, 6.07) is 0. The lowest BCUT2D eigenvalue weighted by molar-refractivity contribution is 1.31. The molecule has 0 spiro atoms. The Bertz CT molecular complexity index is 29.3. The fraction of sp³-hybridized carbons (Fsp3) is 0.333. The molecule has 0 aliphatic carbocycles. The Morgan fingerprint density at radius 2 is 1.33 bits per heavy atom. The van der Waals surface area contributed by atoms with Crippen LogP contribution in [-0.2, 0) is 0 Å². The van der Waals surface area contributed by atoms with E-state index < -0.39 is 0 Å². The van der Waals surface area contributed by atoms with Gasteiger partial charge in [0, 0.05) is 0 Å². The van der Waals surface area contributed by atoms with E-state index in [0.29, 0.717) is 0 Å². The third-order valence-corrected chi connectivity index (χ3v) is 0.500. The van der Waals surface area contributed by atoms with Crippen LogP contribution in [0.25, 0.3) is 0 Å². The van der Waals surface area contributed by atoms with E-state index in [2.05, 4.69) is 13.8 Å². The van der Waals surface area contributed by atoms with Gasteiger partial charge in [0.1, 0.15) is 0 Å². The molecule has 0 nitrogen and oxygen atoms in total. The first-order chi connectivity index (χ1) is 2.91. The highest BCUT2D eigenvalue weighted by Gasteiger charge is 1.60. The first-order valence-electron chi connectivity index (χ1n) is 2.15. The monoisotopic (exact) mass is 82.1 g/mol. The normalized spacial score (nSPS) is 10.3. The first-order valence-corrected chi connectivity index (χ1v) is 2.15. The van der Waals surface area contributed by atoms with Gasteiger partial charge in [0.15, 0.2) is 0 Å². The van der Waals surface area contributed by atoms with Gasteiger partial charge in [0.05, 0.1) is 0 Å². The molecule has 0 aliphatic heterocycles. The van der Waals surface area contributed by atoms with Gasteiger partial charge in [0.25, 0.3) is 0 Å². The van der Waals surface area contributed by atoms with Gasteiger partial charge < -0.3 is 0 Å². The molecule has 0 rings (SSSR count). The molecule has 6 heavy (non-hydrogen) atoms. The van der Waals surface area contributed by atoms with Gasteiger partial charge in [-0.15, -0.1) is 0 Å². The molecule has 0 saturated carbocycles. The Morgan fingerprint density at radius 3 is 1.50 bits per heavy atom. The summed E-state index contributed by atoms with van der Waals surface area (Å²) >= 11 is 0. The zero-order valence-corrected chi connectivity index (χ0v) is 3.98. The lowest BCUT2D eigenvalue weighted by atomic mass is 10.4. The van der Waals surface area contributed by atoms with Gasteiger partial charge in [-0.1, -0.05) is 12.2 Å². The second kappa shape index (κ2) is 4.74. The second-order valence-electron chi connectivity index (χ2n) is 1.05. The summed E-state index contributed by atoms with van der Waals surface area (Å²) in [6.07, 6.45) is 5.78. The van der Waals surface area contributed by atoms with E-state index in [1.54, 1.807) is 0 Å². The molecule has 0 amide bonds. The molecule has 34 valence electrons. The smallest absolute Gasteiger partial charge is 0.0351 e. The summed E-state index contributed by atoms with van der Waals surface area (Å²) in [5.74, 6) is 0. The number of hydrogen-bond acceptors (Lipinski definition) is 0. The molecule has 0 atom stereocenters. The minimum Gasteiger partial charge on any atom is -0.0885 e. The van der Waals surface area contributed by atoms with Crippen molar-refractivity contribution in [3.8, 4) is 0 Å². The molecular formula is C6H10. The lowest BCUT2D eigenvalue weighted by Gasteiger charge is -1.72. The van der Waals surface area contributed by atoms with Gasteiger partial charge in [-0.3, -0.25) is 0 Å². The van der Waals surface area contributed by atoms with Crippen LogP contribution in [0.2, 0.25) is 0 Å². The summed E-state index contributed by atoms with van der Waals surface area (Å²) in [5.41, 5.74) is 0. The number of allylic oxidation sites excluding steroid dienone is 2. The van der Waals surface area contributed by atoms with Gasteiger partial charge in [-0.25, -0.2) is 0 Å². The summed E-state index contributed by atoms with van der Waals surface area (Å²) in [4.78, 5) is 0. The Kier molecular flexibility index (Phi) is 4.53. The lowest BCUT2D eigenvalue weighted by Crippen LogP contribution is -1.52. The molecule has 0 heterocycles. The molecule has 0 fully saturated rings. The predicted octanol–water partition coefficient (Wildman–Crippen LogP) is 1.99. The highest BCUT2D eigenvalue weighted by atomic mass is 13.7. The van der Waals surface area contributed by atoms with Crippen molar-refractivity contribution in [2.24, 2.45) is 0 Å². The van der Waals surface area contributed by atoms with Crippen LogP contribution in [0.5, 0.6) is 0 Å². The molecule has 0 unspecified atom stereocenters. The molecule has 0 aromatic carbocycles. The molecule has 2 radical (unpaired) electrons. The highest BCUT2D eigenvalue weighted by molar-refractivity contribution is 4.82. The standard InChI is InChI=1S/C6H10/c1-3-5-6-4-2/h5-6H,1-4H2. The molecule has 0 aliphatic rings. The summed E-state index contributed by atoms with van der Waals surface area (Å²) in [5, 5.41) is 0. The Hall–Kier alpha value is -0.260. The summed E-state index contributed by atoms with van der Waals surface area (Å²) in [7, 11) is 0. The average molecular weight is 82.1 g/mol. The second-order valence-corrected chi connectivity index (χ2v) is 1.05. The Balaban J connectivity index is 2.73. The van der Waals surface area contributed by atoms with Crippen LogP contribution >= 0.6 is 0 Å². The van der Waals surface area contributed by atoms with E-state index >= 15 is 0 Å². The van der Waals surface area contributed by atoms with Crippen molar-refractivity contribution in [3.05, 3.63) is 26.0 Å². The van der Waals surface area contributed by atoms with Crippen molar-refractivity contribution in [2.75, 3.05) is 0 Å². The van der Waals surface area contributed by atoms with Crippen LogP contribution in [0.15, 0.2) is 12.2 Å². The molecule has 0 bridgehead atoms. The van der Waals surface area contributed by atoms with Crippen molar-refractivity contribution >= 4 is 0 Å². The van der Waals surface area contributed by atoms with Crippen LogP contribution < -0.4 is 0 Å². The third kappa shape index (κ3) is 3.74. The van der Waals surface area contributed by atoms with E-state index in [-0.39, 0.29) is 0 Å². The van der Waals surface area contributed by atoms with Gasteiger partial charge in [-0.2, -0.15) is 0 Å². The molecule has 0 N–H and O–H groups in total. The minimum atomic E-state index is 0.884. The number of rotatable bonds is 2. The van der Waals surface area contributed by atoms with Crippen LogP contribution in [0.1, 0.15) is 12.8 Å². The summed E-state index contributed by atoms with van der Waals surface area (Å²) in [6.45, 7) is 7.22. The largest absolute Gasteiger partial charge is 0.0885 e. The van der Waals surface area contributed by atoms with E-state index in [1.165, 1.54) is 0 Å². The SMILES string of the molecule is [CH2]CC=CC[CH2]. The molecule has 0 heteroatoms.